The first-order valence-corrected chi connectivity index (χ1v) is 8.56. The lowest BCUT2D eigenvalue weighted by atomic mass is 10.1. The van der Waals surface area contributed by atoms with Crippen molar-refractivity contribution in [1.29, 1.82) is 0 Å². The minimum Gasteiger partial charge on any atom is -0.497 e. The number of aromatic nitrogens is 4. The van der Waals surface area contributed by atoms with Gasteiger partial charge in [0.2, 0.25) is 11.9 Å². The van der Waals surface area contributed by atoms with E-state index in [0.29, 0.717) is 11.8 Å². The summed E-state index contributed by atoms with van der Waals surface area (Å²) >= 11 is 0. The number of nitrogens with zero attached hydrogens (tertiary/aromatic N) is 4. The van der Waals surface area contributed by atoms with E-state index in [1.807, 2.05) is 38.1 Å². The van der Waals surface area contributed by atoms with Crippen LogP contribution in [0.3, 0.4) is 0 Å². The number of benzene rings is 1. The molecule has 0 aliphatic carbocycles. The van der Waals surface area contributed by atoms with Gasteiger partial charge in [-0.1, -0.05) is 12.1 Å². The maximum atomic E-state index is 12.3. The van der Waals surface area contributed by atoms with Crippen molar-refractivity contribution in [2.24, 2.45) is 0 Å². The zero-order valence-electron chi connectivity index (χ0n) is 15.5. The summed E-state index contributed by atoms with van der Waals surface area (Å²) in [5.41, 5.74) is 1.80. The highest BCUT2D eigenvalue weighted by Crippen LogP contribution is 2.17. The molecule has 2 N–H and O–H groups in total. The predicted octanol–water partition coefficient (Wildman–Crippen LogP) is 2.27. The van der Waals surface area contributed by atoms with Crippen LogP contribution >= 0.6 is 0 Å². The molecule has 3 aromatic rings. The zero-order valence-corrected chi connectivity index (χ0v) is 15.5. The minimum atomic E-state index is -0.126. The van der Waals surface area contributed by atoms with Crippen molar-refractivity contribution in [1.82, 2.24) is 24.8 Å². The number of hydrogen-bond acceptors (Lipinski definition) is 6. The lowest BCUT2D eigenvalue weighted by Gasteiger charge is -2.15. The molecule has 0 saturated carbocycles. The number of methoxy groups -OCH3 is 1. The molecule has 0 bridgehead atoms. The third kappa shape index (κ3) is 4.81. The van der Waals surface area contributed by atoms with Gasteiger partial charge in [0.25, 0.3) is 0 Å². The standard InChI is InChI=1S/C19H22N6O2/c1-13-10-17(24-19(22-13)25-9-8-20-12-25)21-11-18(26)23-14(2)15-4-6-16(27-3)7-5-15/h4-10,12,14H,11H2,1-3H3,(H,23,26)(H,21,22,24). The van der Waals surface area contributed by atoms with Gasteiger partial charge in [-0.05, 0) is 31.5 Å². The molecule has 8 heteroatoms. The Morgan fingerprint density at radius 1 is 1.26 bits per heavy atom. The minimum absolute atomic E-state index is 0.111. The number of aryl methyl sites for hydroxylation is 1. The van der Waals surface area contributed by atoms with Crippen LogP contribution in [0.4, 0.5) is 5.82 Å². The van der Waals surface area contributed by atoms with Gasteiger partial charge in [0.1, 0.15) is 17.9 Å². The van der Waals surface area contributed by atoms with Gasteiger partial charge in [-0.25, -0.2) is 9.97 Å². The molecule has 1 aromatic carbocycles. The van der Waals surface area contributed by atoms with Crippen molar-refractivity contribution in [3.63, 3.8) is 0 Å². The van der Waals surface area contributed by atoms with Crippen LogP contribution in [0.25, 0.3) is 5.95 Å². The zero-order chi connectivity index (χ0) is 19.2. The van der Waals surface area contributed by atoms with Crippen molar-refractivity contribution in [3.05, 3.63) is 60.3 Å². The number of ether oxygens (including phenoxy) is 1. The first-order valence-electron chi connectivity index (χ1n) is 8.56. The molecule has 1 atom stereocenters. The fraction of sp³-hybridized carbons (Fsp3) is 0.263. The number of anilines is 1. The molecule has 0 radical (unpaired) electrons. The van der Waals surface area contributed by atoms with Crippen LogP contribution in [0.1, 0.15) is 24.2 Å². The van der Waals surface area contributed by atoms with Crippen molar-refractivity contribution in [3.8, 4) is 11.7 Å². The summed E-state index contributed by atoms with van der Waals surface area (Å²) in [6.07, 6.45) is 5.05. The normalized spacial score (nSPS) is 11.7. The summed E-state index contributed by atoms with van der Waals surface area (Å²) in [5.74, 6) is 1.74. The summed E-state index contributed by atoms with van der Waals surface area (Å²) in [6.45, 7) is 3.92. The molecule has 0 spiro atoms. The largest absolute Gasteiger partial charge is 0.497 e. The molecule has 1 amide bonds. The molecule has 140 valence electrons. The quantitative estimate of drug-likeness (QED) is 0.666. The fourth-order valence-electron chi connectivity index (χ4n) is 2.58. The van der Waals surface area contributed by atoms with E-state index in [1.54, 1.807) is 36.5 Å². The molecular formula is C19H22N6O2. The van der Waals surface area contributed by atoms with Crippen molar-refractivity contribution < 1.29 is 9.53 Å². The summed E-state index contributed by atoms with van der Waals surface area (Å²) in [7, 11) is 1.62. The average molecular weight is 366 g/mol. The molecule has 0 aliphatic heterocycles. The third-order valence-electron chi connectivity index (χ3n) is 4.00. The Bertz CT molecular complexity index is 893. The second-order valence-electron chi connectivity index (χ2n) is 6.08. The van der Waals surface area contributed by atoms with Gasteiger partial charge in [0.15, 0.2) is 0 Å². The molecule has 0 saturated heterocycles. The fourth-order valence-corrected chi connectivity index (χ4v) is 2.58. The van der Waals surface area contributed by atoms with E-state index in [0.717, 1.165) is 17.0 Å². The number of rotatable bonds is 7. The lowest BCUT2D eigenvalue weighted by Crippen LogP contribution is -2.32. The van der Waals surface area contributed by atoms with Gasteiger partial charge < -0.3 is 15.4 Å². The Kier molecular flexibility index (Phi) is 5.65. The van der Waals surface area contributed by atoms with E-state index < -0.39 is 0 Å². The van der Waals surface area contributed by atoms with Gasteiger partial charge in [0.05, 0.1) is 19.7 Å². The highest BCUT2D eigenvalue weighted by Gasteiger charge is 2.11. The highest BCUT2D eigenvalue weighted by atomic mass is 16.5. The maximum Gasteiger partial charge on any atom is 0.239 e. The smallest absolute Gasteiger partial charge is 0.239 e. The second-order valence-corrected chi connectivity index (χ2v) is 6.08. The molecular weight excluding hydrogens is 344 g/mol. The van der Waals surface area contributed by atoms with Crippen LogP contribution in [-0.2, 0) is 4.79 Å². The van der Waals surface area contributed by atoms with Crippen LogP contribution in [0.2, 0.25) is 0 Å². The number of carbonyl (C=O) groups is 1. The van der Waals surface area contributed by atoms with Gasteiger partial charge in [-0.15, -0.1) is 0 Å². The van der Waals surface area contributed by atoms with E-state index in [1.165, 1.54) is 0 Å². The Labute approximate surface area is 157 Å². The lowest BCUT2D eigenvalue weighted by molar-refractivity contribution is -0.120. The molecule has 1 unspecified atom stereocenters. The average Bonchev–Trinajstić information content (AvgIpc) is 3.21. The van der Waals surface area contributed by atoms with E-state index in [-0.39, 0.29) is 18.5 Å². The topological polar surface area (TPSA) is 94.0 Å². The van der Waals surface area contributed by atoms with Crippen LogP contribution in [0, 0.1) is 6.92 Å². The Balaban J connectivity index is 1.58. The summed E-state index contributed by atoms with van der Waals surface area (Å²) in [6, 6.07) is 9.29. The van der Waals surface area contributed by atoms with Gasteiger partial charge in [-0.2, -0.15) is 4.98 Å². The monoisotopic (exact) mass is 366 g/mol. The molecule has 2 aromatic heterocycles. The van der Waals surface area contributed by atoms with Crippen LogP contribution < -0.4 is 15.4 Å². The summed E-state index contributed by atoms with van der Waals surface area (Å²) in [4.78, 5) is 25.0. The number of amides is 1. The van der Waals surface area contributed by atoms with Crippen LogP contribution in [0.15, 0.2) is 49.1 Å². The first-order chi connectivity index (χ1) is 13.0. The second kappa shape index (κ2) is 8.31. The molecule has 8 nitrogen and oxygen atoms in total. The molecule has 2 heterocycles. The van der Waals surface area contributed by atoms with E-state index in [9.17, 15) is 4.79 Å². The van der Waals surface area contributed by atoms with Crippen molar-refractivity contribution in [2.75, 3.05) is 19.0 Å². The van der Waals surface area contributed by atoms with Crippen molar-refractivity contribution >= 4 is 11.7 Å². The number of hydrogen-bond donors (Lipinski definition) is 2. The number of nitrogens with one attached hydrogen (secondary N) is 2. The molecule has 27 heavy (non-hydrogen) atoms. The summed E-state index contributed by atoms with van der Waals surface area (Å²) < 4.78 is 6.86. The van der Waals surface area contributed by atoms with E-state index in [2.05, 4.69) is 25.6 Å². The summed E-state index contributed by atoms with van der Waals surface area (Å²) in [5, 5.41) is 6.01. The molecule has 3 rings (SSSR count). The van der Waals surface area contributed by atoms with Gasteiger partial charge >= 0.3 is 0 Å². The molecule has 0 aliphatic rings. The van der Waals surface area contributed by atoms with E-state index in [4.69, 9.17) is 4.74 Å². The first kappa shape index (κ1) is 18.4. The van der Waals surface area contributed by atoms with Crippen LogP contribution in [-0.4, -0.2) is 39.1 Å². The van der Waals surface area contributed by atoms with E-state index >= 15 is 0 Å². The third-order valence-corrected chi connectivity index (χ3v) is 4.00. The van der Waals surface area contributed by atoms with Crippen molar-refractivity contribution in [2.45, 2.75) is 19.9 Å². The SMILES string of the molecule is COc1ccc(C(C)NC(=O)CNc2cc(C)nc(-n3ccnc3)n2)cc1. The number of imidazole rings is 1. The van der Waals surface area contributed by atoms with Crippen LogP contribution in [0.5, 0.6) is 5.75 Å². The Hall–Kier alpha value is -3.42. The Morgan fingerprint density at radius 2 is 2.04 bits per heavy atom. The maximum absolute atomic E-state index is 12.3. The number of carbonyl (C=O) groups excluding carboxylic acids is 1. The van der Waals surface area contributed by atoms with Gasteiger partial charge in [0, 0.05) is 24.2 Å². The highest BCUT2D eigenvalue weighted by molar-refractivity contribution is 5.80. The molecule has 0 fully saturated rings. The predicted molar refractivity (Wildman–Crippen MR) is 102 cm³/mol. The van der Waals surface area contributed by atoms with Gasteiger partial charge in [-0.3, -0.25) is 9.36 Å². The Morgan fingerprint density at radius 3 is 2.70 bits per heavy atom.